The second-order valence-electron chi connectivity index (χ2n) is 5.12. The summed E-state index contributed by atoms with van der Waals surface area (Å²) in [4.78, 5) is 21.1. The molecule has 0 aliphatic heterocycles. The van der Waals surface area contributed by atoms with Gasteiger partial charge in [-0.1, -0.05) is 6.92 Å². The Hall–Kier alpha value is -0.610. The van der Waals surface area contributed by atoms with Gasteiger partial charge >= 0.3 is 5.97 Å². The van der Waals surface area contributed by atoms with Crippen molar-refractivity contribution in [1.82, 2.24) is 0 Å². The van der Waals surface area contributed by atoms with E-state index in [1.54, 1.807) is 0 Å². The van der Waals surface area contributed by atoms with Crippen molar-refractivity contribution in [2.24, 2.45) is 5.92 Å². The lowest BCUT2D eigenvalue weighted by atomic mass is 9.99. The third-order valence-corrected chi connectivity index (χ3v) is 2.23. The van der Waals surface area contributed by atoms with Gasteiger partial charge in [0.15, 0.2) is 0 Å². The average Bonchev–Trinajstić information content (AvgIpc) is 2.14. The van der Waals surface area contributed by atoms with E-state index in [1.807, 2.05) is 34.6 Å². The van der Waals surface area contributed by atoms with Crippen LogP contribution in [0.25, 0.3) is 0 Å². The van der Waals surface area contributed by atoms with Crippen LogP contribution < -0.4 is 0 Å². The van der Waals surface area contributed by atoms with Crippen molar-refractivity contribution in [2.45, 2.75) is 65.6 Å². The maximum Gasteiger partial charge on any atom is 0.306 e. The molecule has 0 rings (SSSR count). The van der Waals surface area contributed by atoms with Gasteiger partial charge < -0.3 is 5.11 Å². The van der Waals surface area contributed by atoms with E-state index in [2.05, 4.69) is 0 Å². The molecule has 0 aliphatic rings. The second kappa shape index (κ2) is 6.86. The summed E-state index contributed by atoms with van der Waals surface area (Å²) in [6.07, 6.45) is 1.90. The van der Waals surface area contributed by atoms with E-state index in [0.29, 0.717) is 19.3 Å². The summed E-state index contributed by atoms with van der Waals surface area (Å²) in [7, 11) is 0. The first-order valence-electron chi connectivity index (χ1n) is 5.83. The third-order valence-electron chi connectivity index (χ3n) is 2.23. The largest absolute Gasteiger partial charge is 0.481 e. The fraction of sp³-hybridized carbons (Fsp3) is 0.917. The highest BCUT2D eigenvalue weighted by atomic mass is 17.2. The van der Waals surface area contributed by atoms with Crippen LogP contribution in [0.4, 0.5) is 0 Å². The minimum Gasteiger partial charge on any atom is -0.481 e. The summed E-state index contributed by atoms with van der Waals surface area (Å²) in [5.74, 6) is -1.01. The molecule has 0 saturated carbocycles. The monoisotopic (exact) mass is 232 g/mol. The Morgan fingerprint density at radius 1 is 1.31 bits per heavy atom. The molecule has 4 nitrogen and oxygen atoms in total. The quantitative estimate of drug-likeness (QED) is 0.541. The van der Waals surface area contributed by atoms with Crippen LogP contribution in [0.3, 0.4) is 0 Å². The van der Waals surface area contributed by atoms with E-state index in [9.17, 15) is 4.79 Å². The predicted molar refractivity (Wildman–Crippen MR) is 62.0 cm³/mol. The van der Waals surface area contributed by atoms with Gasteiger partial charge in [0.2, 0.25) is 0 Å². The number of hydrogen-bond donors (Lipinski definition) is 1. The molecule has 0 bridgehead atoms. The molecular formula is C12H24O4. The molecule has 0 amide bonds. The second-order valence-corrected chi connectivity index (χ2v) is 5.12. The highest BCUT2D eigenvalue weighted by molar-refractivity contribution is 5.69. The standard InChI is InChI=1S/C12H24O4/c1-6-10(11(13)14)8-7-9(2)15-16-12(3,4)5/h9-10H,6-8H2,1-5H3,(H,13,14). The van der Waals surface area contributed by atoms with Gasteiger partial charge in [-0.25, -0.2) is 9.78 Å². The Bertz CT molecular complexity index is 208. The Morgan fingerprint density at radius 3 is 2.25 bits per heavy atom. The molecule has 0 aliphatic carbocycles. The zero-order chi connectivity index (χ0) is 12.8. The van der Waals surface area contributed by atoms with Crippen molar-refractivity contribution in [3.8, 4) is 0 Å². The maximum atomic E-state index is 10.8. The van der Waals surface area contributed by atoms with Gasteiger partial charge in [-0.05, 0) is 47.0 Å². The van der Waals surface area contributed by atoms with Gasteiger partial charge in [0.05, 0.1) is 17.6 Å². The van der Waals surface area contributed by atoms with E-state index in [0.717, 1.165) is 0 Å². The lowest BCUT2D eigenvalue weighted by Crippen LogP contribution is -2.23. The molecule has 0 fully saturated rings. The van der Waals surface area contributed by atoms with Crippen molar-refractivity contribution in [3.05, 3.63) is 0 Å². The number of carboxylic acid groups (broad SMARTS) is 1. The van der Waals surface area contributed by atoms with E-state index >= 15 is 0 Å². The third kappa shape index (κ3) is 7.65. The molecule has 2 atom stereocenters. The van der Waals surface area contributed by atoms with Crippen molar-refractivity contribution < 1.29 is 19.7 Å². The topological polar surface area (TPSA) is 55.8 Å². The predicted octanol–water partition coefficient (Wildman–Crippen LogP) is 3.01. The first-order chi connectivity index (χ1) is 7.26. The molecule has 1 N–H and O–H groups in total. The van der Waals surface area contributed by atoms with Crippen molar-refractivity contribution in [3.63, 3.8) is 0 Å². The molecule has 2 unspecified atom stereocenters. The normalized spacial score (nSPS) is 15.8. The Morgan fingerprint density at radius 2 is 1.88 bits per heavy atom. The van der Waals surface area contributed by atoms with Crippen LogP contribution in [0.2, 0.25) is 0 Å². The van der Waals surface area contributed by atoms with E-state index in [1.165, 1.54) is 0 Å². The number of hydrogen-bond acceptors (Lipinski definition) is 3. The minimum absolute atomic E-state index is 0.0763. The van der Waals surface area contributed by atoms with Gasteiger partial charge in [-0.3, -0.25) is 4.79 Å². The lowest BCUT2D eigenvalue weighted by Gasteiger charge is -2.21. The molecule has 0 saturated heterocycles. The number of aliphatic carboxylic acids is 1. The smallest absolute Gasteiger partial charge is 0.306 e. The SMILES string of the molecule is CCC(CCC(C)OOC(C)(C)C)C(=O)O. The Kier molecular flexibility index (Phi) is 6.60. The summed E-state index contributed by atoms with van der Waals surface area (Å²) >= 11 is 0. The van der Waals surface area contributed by atoms with Crippen LogP contribution in [0.15, 0.2) is 0 Å². The van der Waals surface area contributed by atoms with Crippen LogP contribution >= 0.6 is 0 Å². The summed E-state index contributed by atoms with van der Waals surface area (Å²) in [6, 6.07) is 0. The van der Waals surface area contributed by atoms with Crippen LogP contribution in [-0.4, -0.2) is 22.8 Å². The highest BCUT2D eigenvalue weighted by Crippen LogP contribution is 2.16. The number of carboxylic acids is 1. The average molecular weight is 232 g/mol. The fourth-order valence-electron chi connectivity index (χ4n) is 1.21. The first-order valence-corrected chi connectivity index (χ1v) is 5.83. The molecule has 0 heterocycles. The zero-order valence-electron chi connectivity index (χ0n) is 10.9. The Labute approximate surface area is 97.9 Å². The molecule has 0 spiro atoms. The summed E-state index contributed by atoms with van der Waals surface area (Å²) < 4.78 is 0. The summed E-state index contributed by atoms with van der Waals surface area (Å²) in [5.41, 5.74) is -0.328. The summed E-state index contributed by atoms with van der Waals surface area (Å²) in [6.45, 7) is 9.50. The van der Waals surface area contributed by atoms with Crippen molar-refractivity contribution >= 4 is 5.97 Å². The van der Waals surface area contributed by atoms with E-state index < -0.39 is 5.97 Å². The van der Waals surface area contributed by atoms with Gasteiger partial charge in [0, 0.05) is 0 Å². The molecule has 0 aromatic carbocycles. The van der Waals surface area contributed by atoms with Gasteiger partial charge in [0.25, 0.3) is 0 Å². The molecule has 0 aromatic rings. The molecule has 4 heteroatoms. The van der Waals surface area contributed by atoms with E-state index in [-0.39, 0.29) is 17.6 Å². The number of rotatable bonds is 7. The van der Waals surface area contributed by atoms with Crippen molar-refractivity contribution in [1.29, 1.82) is 0 Å². The maximum absolute atomic E-state index is 10.8. The van der Waals surface area contributed by atoms with Crippen molar-refractivity contribution in [2.75, 3.05) is 0 Å². The van der Waals surface area contributed by atoms with Crippen LogP contribution in [0.5, 0.6) is 0 Å². The molecule has 0 aromatic heterocycles. The zero-order valence-corrected chi connectivity index (χ0v) is 10.9. The van der Waals surface area contributed by atoms with Gasteiger partial charge in [0.1, 0.15) is 0 Å². The van der Waals surface area contributed by atoms with Gasteiger partial charge in [-0.15, -0.1) is 0 Å². The van der Waals surface area contributed by atoms with E-state index in [4.69, 9.17) is 14.9 Å². The van der Waals surface area contributed by atoms with Crippen LogP contribution in [0, 0.1) is 5.92 Å². The van der Waals surface area contributed by atoms with Crippen LogP contribution in [0.1, 0.15) is 53.9 Å². The number of carbonyl (C=O) groups is 1. The highest BCUT2D eigenvalue weighted by Gasteiger charge is 2.18. The Balaban J connectivity index is 3.80. The lowest BCUT2D eigenvalue weighted by molar-refractivity contribution is -0.371. The molecule has 96 valence electrons. The fourth-order valence-corrected chi connectivity index (χ4v) is 1.21. The molecular weight excluding hydrogens is 208 g/mol. The van der Waals surface area contributed by atoms with Gasteiger partial charge in [-0.2, -0.15) is 0 Å². The first kappa shape index (κ1) is 15.4. The molecule has 0 radical (unpaired) electrons. The minimum atomic E-state index is -0.730. The molecule has 16 heavy (non-hydrogen) atoms. The summed E-state index contributed by atoms with van der Waals surface area (Å²) in [5, 5.41) is 8.87. The van der Waals surface area contributed by atoms with Crippen LogP contribution in [-0.2, 0) is 14.6 Å².